The first-order valence-electron chi connectivity index (χ1n) is 10.2. The number of benzene rings is 1. The Bertz CT molecular complexity index is 834. The maximum atomic E-state index is 12.8. The molecule has 0 aromatic heterocycles. The summed E-state index contributed by atoms with van der Waals surface area (Å²) < 4.78 is 5.22. The Morgan fingerprint density at radius 1 is 1.23 bits per heavy atom. The van der Waals surface area contributed by atoms with Crippen LogP contribution in [0.4, 0.5) is 10.5 Å². The lowest BCUT2D eigenvalue weighted by Gasteiger charge is -2.24. The van der Waals surface area contributed by atoms with Crippen molar-refractivity contribution in [2.75, 3.05) is 32.1 Å². The molecule has 1 saturated heterocycles. The number of hydrogen-bond acceptors (Lipinski definition) is 5. The molecule has 1 aromatic carbocycles. The summed E-state index contributed by atoms with van der Waals surface area (Å²) in [6.07, 6.45) is 3.58. The van der Waals surface area contributed by atoms with E-state index < -0.39 is 17.5 Å². The molecule has 9 heteroatoms. The van der Waals surface area contributed by atoms with Crippen molar-refractivity contribution in [2.45, 2.75) is 44.6 Å². The highest BCUT2D eigenvalue weighted by Crippen LogP contribution is 2.35. The van der Waals surface area contributed by atoms with Gasteiger partial charge in [0, 0.05) is 6.54 Å². The third-order valence-corrected chi connectivity index (χ3v) is 5.56. The van der Waals surface area contributed by atoms with Crippen LogP contribution >= 0.6 is 0 Å². The minimum Gasteiger partial charge on any atom is -0.495 e. The molecule has 0 unspecified atom stereocenters. The van der Waals surface area contributed by atoms with Gasteiger partial charge in [0.15, 0.2) is 0 Å². The summed E-state index contributed by atoms with van der Waals surface area (Å²) in [5.41, 5.74) is -0.347. The lowest BCUT2D eigenvalue weighted by atomic mass is 9.98. The molecule has 1 saturated carbocycles. The van der Waals surface area contributed by atoms with Gasteiger partial charge in [-0.1, -0.05) is 31.9 Å². The number of anilines is 1. The Balaban J connectivity index is 1.64. The molecule has 2 fully saturated rings. The van der Waals surface area contributed by atoms with Gasteiger partial charge in [-0.15, -0.1) is 0 Å². The van der Waals surface area contributed by atoms with Gasteiger partial charge >= 0.3 is 6.03 Å². The molecule has 1 spiro atoms. The summed E-state index contributed by atoms with van der Waals surface area (Å²) in [6.45, 7) is 1.68. The lowest BCUT2D eigenvalue weighted by molar-refractivity contribution is -0.140. The first-order chi connectivity index (χ1) is 14.4. The van der Waals surface area contributed by atoms with Crippen LogP contribution in [-0.2, 0) is 14.4 Å². The summed E-state index contributed by atoms with van der Waals surface area (Å²) in [5, 5.41) is 5.50. The van der Waals surface area contributed by atoms with E-state index in [4.69, 9.17) is 4.74 Å². The van der Waals surface area contributed by atoms with E-state index in [2.05, 4.69) is 10.6 Å². The van der Waals surface area contributed by atoms with Crippen molar-refractivity contribution in [2.24, 2.45) is 0 Å². The zero-order chi connectivity index (χ0) is 21.7. The topological polar surface area (TPSA) is 108 Å². The van der Waals surface area contributed by atoms with Gasteiger partial charge in [0.25, 0.3) is 5.91 Å². The number of imide groups is 1. The van der Waals surface area contributed by atoms with Crippen LogP contribution in [0.2, 0.25) is 0 Å². The van der Waals surface area contributed by atoms with Crippen LogP contribution in [0.3, 0.4) is 0 Å². The highest BCUT2D eigenvalue weighted by Gasteiger charge is 2.52. The molecule has 1 aromatic rings. The van der Waals surface area contributed by atoms with Gasteiger partial charge < -0.3 is 20.3 Å². The summed E-state index contributed by atoms with van der Waals surface area (Å²) in [6, 6.07) is 6.45. The highest BCUT2D eigenvalue weighted by atomic mass is 16.5. The predicted octanol–water partition coefficient (Wildman–Crippen LogP) is 1.74. The van der Waals surface area contributed by atoms with Crippen molar-refractivity contribution < 1.29 is 23.9 Å². The number of nitrogens with zero attached hydrogens (tertiary/aromatic N) is 2. The van der Waals surface area contributed by atoms with Crippen LogP contribution in [0.5, 0.6) is 5.75 Å². The standard InChI is InChI=1S/C21H28N4O5/c1-3-12-24(13-17(26)22-15-8-4-5-9-16(15)30-2)18(27)14-25-19(28)21(23-20(25)29)10-6-7-11-21/h4-5,8-9H,3,6-7,10-14H2,1-2H3,(H,22,26)(H,23,29). The average molecular weight is 416 g/mol. The number of carbonyl (C=O) groups excluding carboxylic acids is 4. The second-order valence-corrected chi connectivity index (χ2v) is 7.67. The van der Waals surface area contributed by atoms with Gasteiger partial charge in [-0.25, -0.2) is 4.79 Å². The van der Waals surface area contributed by atoms with E-state index in [1.165, 1.54) is 12.0 Å². The monoisotopic (exact) mass is 416 g/mol. The molecule has 1 aliphatic carbocycles. The van der Waals surface area contributed by atoms with Gasteiger partial charge in [-0.2, -0.15) is 0 Å². The van der Waals surface area contributed by atoms with Crippen molar-refractivity contribution in [3.8, 4) is 5.75 Å². The van der Waals surface area contributed by atoms with Crippen LogP contribution in [-0.4, -0.2) is 65.8 Å². The highest BCUT2D eigenvalue weighted by molar-refractivity contribution is 6.09. The molecule has 3 rings (SSSR count). The molecule has 1 heterocycles. The van der Waals surface area contributed by atoms with Gasteiger partial charge in [0.1, 0.15) is 17.8 Å². The molecule has 2 aliphatic rings. The van der Waals surface area contributed by atoms with Crippen molar-refractivity contribution in [3.63, 3.8) is 0 Å². The minimum absolute atomic E-state index is 0.181. The number of urea groups is 1. The van der Waals surface area contributed by atoms with E-state index >= 15 is 0 Å². The van der Waals surface area contributed by atoms with Crippen LogP contribution in [0.15, 0.2) is 24.3 Å². The molecule has 0 radical (unpaired) electrons. The number of ether oxygens (including phenoxy) is 1. The smallest absolute Gasteiger partial charge is 0.325 e. The third-order valence-electron chi connectivity index (χ3n) is 5.56. The van der Waals surface area contributed by atoms with Crippen molar-refractivity contribution in [1.82, 2.24) is 15.1 Å². The quantitative estimate of drug-likeness (QED) is 0.628. The second-order valence-electron chi connectivity index (χ2n) is 7.67. The number of methoxy groups -OCH3 is 1. The Morgan fingerprint density at radius 2 is 1.93 bits per heavy atom. The molecule has 0 atom stereocenters. The van der Waals surface area contributed by atoms with Crippen LogP contribution in [0.1, 0.15) is 39.0 Å². The van der Waals surface area contributed by atoms with Crippen molar-refractivity contribution in [3.05, 3.63) is 24.3 Å². The molecule has 162 valence electrons. The zero-order valence-electron chi connectivity index (χ0n) is 17.4. The Hall–Kier alpha value is -3.10. The third kappa shape index (κ3) is 4.39. The largest absolute Gasteiger partial charge is 0.495 e. The predicted molar refractivity (Wildman–Crippen MR) is 110 cm³/mol. The number of hydrogen-bond donors (Lipinski definition) is 2. The van der Waals surface area contributed by atoms with Gasteiger partial charge in [0.2, 0.25) is 11.8 Å². The fraction of sp³-hybridized carbons (Fsp3) is 0.524. The summed E-state index contributed by atoms with van der Waals surface area (Å²) >= 11 is 0. The van der Waals surface area contributed by atoms with Gasteiger partial charge in [0.05, 0.1) is 19.3 Å². The van der Waals surface area contributed by atoms with E-state index in [0.717, 1.165) is 17.7 Å². The van der Waals surface area contributed by atoms with Gasteiger partial charge in [-0.05, 0) is 31.4 Å². The fourth-order valence-electron chi connectivity index (χ4n) is 4.05. The fourth-order valence-corrected chi connectivity index (χ4v) is 4.05. The number of amides is 5. The molecule has 1 aliphatic heterocycles. The SMILES string of the molecule is CCCN(CC(=O)Nc1ccccc1OC)C(=O)CN1C(=O)NC2(CCCC2)C1=O. The maximum absolute atomic E-state index is 12.8. The van der Waals surface area contributed by atoms with Crippen LogP contribution in [0, 0.1) is 0 Å². The number of para-hydroxylation sites is 2. The van der Waals surface area contributed by atoms with Crippen LogP contribution in [0.25, 0.3) is 0 Å². The first-order valence-corrected chi connectivity index (χ1v) is 10.2. The van der Waals surface area contributed by atoms with E-state index in [1.54, 1.807) is 24.3 Å². The van der Waals surface area contributed by atoms with Crippen LogP contribution < -0.4 is 15.4 Å². The zero-order valence-corrected chi connectivity index (χ0v) is 17.4. The number of nitrogens with one attached hydrogen (secondary N) is 2. The molecule has 30 heavy (non-hydrogen) atoms. The Kier molecular flexibility index (Phi) is 6.59. The molecular weight excluding hydrogens is 388 g/mol. The number of rotatable bonds is 8. The second kappa shape index (κ2) is 9.15. The minimum atomic E-state index is -0.853. The summed E-state index contributed by atoms with van der Waals surface area (Å²) in [7, 11) is 1.51. The molecule has 0 bridgehead atoms. The number of carbonyl (C=O) groups is 4. The van der Waals surface area contributed by atoms with E-state index in [1.807, 2.05) is 6.92 Å². The van der Waals surface area contributed by atoms with E-state index in [-0.39, 0.29) is 24.9 Å². The van der Waals surface area contributed by atoms with E-state index in [9.17, 15) is 19.2 Å². The molecule has 5 amide bonds. The lowest BCUT2D eigenvalue weighted by Crippen LogP contribution is -2.47. The normalized spacial score (nSPS) is 17.2. The Morgan fingerprint density at radius 3 is 2.60 bits per heavy atom. The Labute approximate surface area is 175 Å². The average Bonchev–Trinajstić information content (AvgIpc) is 3.28. The van der Waals surface area contributed by atoms with Crippen molar-refractivity contribution in [1.29, 1.82) is 0 Å². The maximum Gasteiger partial charge on any atom is 0.325 e. The summed E-state index contributed by atoms with van der Waals surface area (Å²) in [4.78, 5) is 52.8. The molecule has 9 nitrogen and oxygen atoms in total. The van der Waals surface area contributed by atoms with E-state index in [0.29, 0.717) is 37.2 Å². The van der Waals surface area contributed by atoms with Crippen molar-refractivity contribution >= 4 is 29.4 Å². The van der Waals surface area contributed by atoms with Gasteiger partial charge in [-0.3, -0.25) is 19.3 Å². The summed E-state index contributed by atoms with van der Waals surface area (Å²) in [5.74, 6) is -0.648. The molecular formula is C21H28N4O5. The molecule has 2 N–H and O–H groups in total. The first kappa shape index (κ1) is 21.6.